The molecule has 48 heavy (non-hydrogen) atoms. The normalized spacial score (nSPS) is 21.4. The van der Waals surface area contributed by atoms with Crippen LogP contribution in [0.15, 0.2) is 109 Å². The topological polar surface area (TPSA) is 71.9 Å². The van der Waals surface area contributed by atoms with E-state index in [0.29, 0.717) is 37.2 Å². The molecule has 2 aliphatic heterocycles. The van der Waals surface area contributed by atoms with E-state index in [2.05, 4.69) is 41.0 Å². The highest BCUT2D eigenvalue weighted by atomic mass is 16.5. The van der Waals surface area contributed by atoms with Gasteiger partial charge >= 0.3 is 5.97 Å². The van der Waals surface area contributed by atoms with Gasteiger partial charge in [0.1, 0.15) is 5.69 Å². The Hall–Kier alpha value is -5.17. The predicted molar refractivity (Wildman–Crippen MR) is 185 cm³/mol. The Morgan fingerprint density at radius 2 is 1.50 bits per heavy atom. The van der Waals surface area contributed by atoms with E-state index in [1.807, 2.05) is 65.6 Å². The van der Waals surface area contributed by atoms with Gasteiger partial charge in [-0.15, -0.1) is 0 Å². The zero-order valence-electron chi connectivity index (χ0n) is 27.2. The number of esters is 1. The van der Waals surface area contributed by atoms with Crippen LogP contribution in [-0.4, -0.2) is 64.4 Å². The van der Waals surface area contributed by atoms with Gasteiger partial charge in [0, 0.05) is 49.8 Å². The van der Waals surface area contributed by atoms with E-state index in [-0.39, 0.29) is 23.7 Å². The molecule has 242 valence electrons. The molecule has 1 aromatic heterocycles. The molecule has 0 radical (unpaired) electrons. The SMILES string of the molecule is COC(=O)[C@@]1(Cc2ccccc2)[C@H]2c3cc(C(=O)N4CCCC4)n(Cc4cccc5ccccc45)c3C[C@H]2CN1C(=O)c1ccccc1. The third kappa shape index (κ3) is 4.83. The van der Waals surface area contributed by atoms with Crippen molar-refractivity contribution >= 4 is 28.6 Å². The standard InChI is InChI=1S/C41H39N3O4/c1-48-40(47)41(25-28-13-4-2-5-14-28)37-32(27-44(41)38(45)30-16-6-3-7-17-30)23-35-34(37)24-36(39(46)42-21-10-11-22-42)43(35)26-31-19-12-18-29-15-8-9-20-33(29)31/h2-9,12-20,24,32,37H,10-11,21-23,25-27H2,1H3/t32-,37+,41+/m0/s1. The number of benzene rings is 4. The smallest absolute Gasteiger partial charge is 0.332 e. The highest BCUT2D eigenvalue weighted by Gasteiger charge is 2.64. The lowest BCUT2D eigenvalue weighted by Gasteiger charge is -2.40. The molecule has 0 bridgehead atoms. The average Bonchev–Trinajstić information content (AvgIpc) is 3.92. The monoisotopic (exact) mass is 637 g/mol. The summed E-state index contributed by atoms with van der Waals surface area (Å²) in [6.45, 7) is 2.45. The quantitative estimate of drug-likeness (QED) is 0.191. The summed E-state index contributed by atoms with van der Waals surface area (Å²) < 4.78 is 7.86. The molecule has 1 aliphatic carbocycles. The Kier molecular flexibility index (Phi) is 7.63. The van der Waals surface area contributed by atoms with E-state index in [1.54, 1.807) is 17.0 Å². The van der Waals surface area contributed by atoms with Gasteiger partial charge in [0.25, 0.3) is 11.8 Å². The molecule has 0 saturated carbocycles. The van der Waals surface area contributed by atoms with Crippen LogP contribution in [0.4, 0.5) is 0 Å². The predicted octanol–water partition coefficient (Wildman–Crippen LogP) is 6.49. The minimum absolute atomic E-state index is 0.0137. The van der Waals surface area contributed by atoms with Crippen molar-refractivity contribution in [3.05, 3.63) is 143 Å². The maximum Gasteiger partial charge on any atom is 0.332 e. The molecular weight excluding hydrogens is 598 g/mol. The molecule has 2 saturated heterocycles. The number of rotatable bonds is 7. The first kappa shape index (κ1) is 30.2. The number of methoxy groups -OCH3 is 1. The Morgan fingerprint density at radius 1 is 0.812 bits per heavy atom. The molecule has 0 N–H and O–H groups in total. The number of carbonyl (C=O) groups is 3. The minimum Gasteiger partial charge on any atom is -0.467 e. The summed E-state index contributed by atoms with van der Waals surface area (Å²) in [6.07, 6.45) is 2.96. The molecule has 0 spiro atoms. The summed E-state index contributed by atoms with van der Waals surface area (Å²) in [6, 6.07) is 35.8. The van der Waals surface area contributed by atoms with Crippen LogP contribution in [0.3, 0.4) is 0 Å². The van der Waals surface area contributed by atoms with E-state index in [4.69, 9.17) is 4.74 Å². The first-order valence-electron chi connectivity index (χ1n) is 17.0. The first-order valence-corrected chi connectivity index (χ1v) is 17.0. The summed E-state index contributed by atoms with van der Waals surface area (Å²) in [5, 5.41) is 2.32. The van der Waals surface area contributed by atoms with E-state index in [9.17, 15) is 14.4 Å². The number of likely N-dealkylation sites (tertiary alicyclic amines) is 2. The van der Waals surface area contributed by atoms with Gasteiger partial charge in [0.2, 0.25) is 0 Å². The second-order valence-corrected chi connectivity index (χ2v) is 13.5. The highest BCUT2D eigenvalue weighted by molar-refractivity contribution is 6.00. The number of nitrogens with zero attached hydrogens (tertiary/aromatic N) is 3. The van der Waals surface area contributed by atoms with Crippen LogP contribution in [0.1, 0.15) is 62.0 Å². The molecule has 5 aromatic rings. The van der Waals surface area contributed by atoms with Crippen molar-refractivity contribution < 1.29 is 19.1 Å². The average molecular weight is 638 g/mol. The van der Waals surface area contributed by atoms with Gasteiger partial charge in [-0.1, -0.05) is 91.0 Å². The zero-order valence-corrected chi connectivity index (χ0v) is 27.2. The molecule has 3 heterocycles. The van der Waals surface area contributed by atoms with Crippen LogP contribution >= 0.6 is 0 Å². The maximum absolute atomic E-state index is 14.4. The summed E-state index contributed by atoms with van der Waals surface area (Å²) >= 11 is 0. The molecule has 2 amide bonds. The van der Waals surface area contributed by atoms with Gasteiger partial charge in [0.05, 0.1) is 7.11 Å². The van der Waals surface area contributed by atoms with Crippen molar-refractivity contribution in [3.63, 3.8) is 0 Å². The zero-order chi connectivity index (χ0) is 32.8. The molecular formula is C41H39N3O4. The number of hydrogen-bond acceptors (Lipinski definition) is 4. The molecule has 2 fully saturated rings. The van der Waals surface area contributed by atoms with E-state index in [1.165, 1.54) is 7.11 Å². The van der Waals surface area contributed by atoms with Crippen molar-refractivity contribution in [3.8, 4) is 0 Å². The van der Waals surface area contributed by atoms with Crippen LogP contribution in [0.2, 0.25) is 0 Å². The summed E-state index contributed by atoms with van der Waals surface area (Å²) in [5.74, 6) is -0.936. The Morgan fingerprint density at radius 3 is 2.25 bits per heavy atom. The van der Waals surface area contributed by atoms with Crippen molar-refractivity contribution in [2.45, 2.75) is 43.7 Å². The van der Waals surface area contributed by atoms with Crippen molar-refractivity contribution in [2.75, 3.05) is 26.7 Å². The number of carbonyl (C=O) groups excluding carboxylic acids is 3. The minimum atomic E-state index is -1.29. The number of amides is 2. The molecule has 8 rings (SSSR count). The number of aromatic nitrogens is 1. The lowest BCUT2D eigenvalue weighted by Crippen LogP contribution is -2.58. The maximum atomic E-state index is 14.4. The van der Waals surface area contributed by atoms with Crippen molar-refractivity contribution in [1.29, 1.82) is 0 Å². The summed E-state index contributed by atoms with van der Waals surface area (Å²) in [7, 11) is 1.41. The molecule has 4 aromatic carbocycles. The lowest BCUT2D eigenvalue weighted by molar-refractivity contribution is -0.153. The number of fused-ring (bicyclic) bond motifs is 4. The van der Waals surface area contributed by atoms with Gasteiger partial charge in [-0.25, -0.2) is 4.79 Å². The van der Waals surface area contributed by atoms with Crippen LogP contribution < -0.4 is 0 Å². The second kappa shape index (κ2) is 12.1. The third-order valence-corrected chi connectivity index (χ3v) is 10.9. The van der Waals surface area contributed by atoms with E-state index in [0.717, 1.165) is 59.1 Å². The van der Waals surface area contributed by atoms with Crippen LogP contribution in [0.25, 0.3) is 10.8 Å². The van der Waals surface area contributed by atoms with Gasteiger partial charge in [0.15, 0.2) is 5.54 Å². The van der Waals surface area contributed by atoms with Crippen LogP contribution in [-0.2, 0) is 28.9 Å². The molecule has 3 aliphatic rings. The molecule has 7 heteroatoms. The fourth-order valence-electron chi connectivity index (χ4n) is 8.75. The van der Waals surface area contributed by atoms with Crippen LogP contribution in [0, 0.1) is 5.92 Å². The number of hydrogen-bond donors (Lipinski definition) is 0. The van der Waals surface area contributed by atoms with Gasteiger partial charge in [-0.2, -0.15) is 0 Å². The Balaban J connectivity index is 1.30. The van der Waals surface area contributed by atoms with Gasteiger partial charge in [-0.3, -0.25) is 9.59 Å². The lowest BCUT2D eigenvalue weighted by atomic mass is 9.75. The van der Waals surface area contributed by atoms with Crippen LogP contribution in [0.5, 0.6) is 0 Å². The number of ether oxygens (including phenoxy) is 1. The summed E-state index contributed by atoms with van der Waals surface area (Å²) in [5.41, 5.74) is 4.05. The van der Waals surface area contributed by atoms with Crippen molar-refractivity contribution in [2.24, 2.45) is 5.92 Å². The Bertz CT molecular complexity index is 2010. The highest BCUT2D eigenvalue weighted by Crippen LogP contribution is 2.55. The fourth-order valence-corrected chi connectivity index (χ4v) is 8.75. The first-order chi connectivity index (χ1) is 23.5. The summed E-state index contributed by atoms with van der Waals surface area (Å²) in [4.78, 5) is 46.8. The van der Waals surface area contributed by atoms with Crippen molar-refractivity contribution in [1.82, 2.24) is 14.4 Å². The molecule has 7 nitrogen and oxygen atoms in total. The third-order valence-electron chi connectivity index (χ3n) is 10.9. The van der Waals surface area contributed by atoms with E-state index >= 15 is 0 Å². The largest absolute Gasteiger partial charge is 0.467 e. The Labute approximate surface area is 280 Å². The van der Waals surface area contributed by atoms with Gasteiger partial charge in [-0.05, 0) is 70.8 Å². The fraction of sp³-hybridized carbons (Fsp3) is 0.293. The van der Waals surface area contributed by atoms with E-state index < -0.39 is 11.5 Å². The molecule has 3 atom stereocenters. The second-order valence-electron chi connectivity index (χ2n) is 13.5. The van der Waals surface area contributed by atoms with Gasteiger partial charge < -0.3 is 19.1 Å². The molecule has 0 unspecified atom stereocenters.